The van der Waals surface area contributed by atoms with Crippen molar-refractivity contribution in [3.63, 3.8) is 0 Å². The van der Waals surface area contributed by atoms with Gasteiger partial charge in [0.25, 0.3) is 5.91 Å². The molecule has 2 N–H and O–H groups in total. The smallest absolute Gasteiger partial charge is 0.300 e. The monoisotopic (exact) mass is 548 g/mol. The Balaban J connectivity index is 1.49. The predicted octanol–water partition coefficient (Wildman–Crippen LogP) is 3.55. The van der Waals surface area contributed by atoms with Gasteiger partial charge in [0.15, 0.2) is 14.6 Å². The van der Waals surface area contributed by atoms with Gasteiger partial charge < -0.3 is 4.90 Å². The zero-order chi connectivity index (χ0) is 27.1. The predicted molar refractivity (Wildman–Crippen MR) is 120 cm³/mol. The van der Waals surface area contributed by atoms with Gasteiger partial charge in [0, 0.05) is 37.3 Å². The molecule has 0 radical (unpaired) electrons. The van der Waals surface area contributed by atoms with E-state index < -0.39 is 45.4 Å². The maximum atomic E-state index is 13.6. The highest BCUT2D eigenvalue weighted by atomic mass is 32.2. The van der Waals surface area contributed by atoms with Crippen molar-refractivity contribution in [3.8, 4) is 11.3 Å². The average molecular weight is 549 g/mol. The third-order valence-corrected chi connectivity index (χ3v) is 9.49. The van der Waals surface area contributed by atoms with Gasteiger partial charge in [-0.2, -0.15) is 22.0 Å². The van der Waals surface area contributed by atoms with Crippen molar-refractivity contribution in [3.05, 3.63) is 42.4 Å². The Hall–Kier alpha value is -2.71. The van der Waals surface area contributed by atoms with Gasteiger partial charge in [0.05, 0.1) is 22.5 Å². The molecule has 1 amide bonds. The molecule has 1 aromatic carbocycles. The van der Waals surface area contributed by atoms with Crippen LogP contribution in [0.1, 0.15) is 37.8 Å². The largest absolute Gasteiger partial charge is 0.453 e. The van der Waals surface area contributed by atoms with E-state index in [9.17, 15) is 40.4 Å². The lowest BCUT2D eigenvalue weighted by molar-refractivity contribution is -0.284. The molecular formula is C23H25F5N4O4S. The van der Waals surface area contributed by atoms with E-state index in [1.54, 1.807) is 0 Å². The summed E-state index contributed by atoms with van der Waals surface area (Å²) >= 11 is 0. The van der Waals surface area contributed by atoms with Gasteiger partial charge >= 0.3 is 12.1 Å². The molecule has 1 aliphatic carbocycles. The maximum absolute atomic E-state index is 13.6. The summed E-state index contributed by atoms with van der Waals surface area (Å²) in [6.45, 7) is 0.818. The summed E-state index contributed by atoms with van der Waals surface area (Å²) in [7, 11) is -4.20. The molecule has 0 spiro atoms. The number of amides is 1. The Morgan fingerprint density at radius 1 is 1.05 bits per heavy atom. The van der Waals surface area contributed by atoms with E-state index in [0.29, 0.717) is 24.7 Å². The van der Waals surface area contributed by atoms with E-state index >= 15 is 0 Å². The van der Waals surface area contributed by atoms with Crippen LogP contribution in [0.3, 0.4) is 0 Å². The van der Waals surface area contributed by atoms with Crippen molar-refractivity contribution in [1.82, 2.24) is 20.3 Å². The zero-order valence-electron chi connectivity index (χ0n) is 19.5. The summed E-state index contributed by atoms with van der Waals surface area (Å²) in [6.07, 6.45) is -3.33. The maximum Gasteiger partial charge on any atom is 0.453 e. The first-order chi connectivity index (χ1) is 17.3. The van der Waals surface area contributed by atoms with E-state index in [1.807, 2.05) is 0 Å². The van der Waals surface area contributed by atoms with Crippen LogP contribution in [0.2, 0.25) is 0 Å². The fourth-order valence-corrected chi connectivity index (χ4v) is 6.46. The number of hydrogen-bond acceptors (Lipinski definition) is 7. The molecule has 37 heavy (non-hydrogen) atoms. The topological polar surface area (TPSA) is 112 Å². The second kappa shape index (κ2) is 9.87. The molecule has 1 aliphatic heterocycles. The zero-order valence-corrected chi connectivity index (χ0v) is 20.3. The van der Waals surface area contributed by atoms with Crippen LogP contribution < -0.4 is 5.48 Å². The van der Waals surface area contributed by atoms with E-state index in [4.69, 9.17) is 0 Å². The summed E-state index contributed by atoms with van der Waals surface area (Å²) in [5.74, 6) is -5.82. The number of aryl methyl sites for hydroxylation is 1. The number of benzene rings is 1. The molecule has 0 unspecified atom stereocenters. The summed E-state index contributed by atoms with van der Waals surface area (Å²) in [5.41, 5.74) is 2.13. The van der Waals surface area contributed by atoms with Crippen LogP contribution in [0.5, 0.6) is 0 Å². The van der Waals surface area contributed by atoms with E-state index in [2.05, 4.69) is 14.9 Å². The van der Waals surface area contributed by atoms with Crippen LogP contribution in [-0.4, -0.2) is 70.4 Å². The molecule has 14 heteroatoms. The second-order valence-electron chi connectivity index (χ2n) is 9.33. The van der Waals surface area contributed by atoms with Crippen molar-refractivity contribution >= 4 is 15.7 Å². The van der Waals surface area contributed by atoms with Crippen molar-refractivity contribution in [2.75, 3.05) is 13.1 Å². The molecular weight excluding hydrogens is 523 g/mol. The Kier molecular flexibility index (Phi) is 7.29. The van der Waals surface area contributed by atoms with Gasteiger partial charge in [-0.25, -0.2) is 13.9 Å². The van der Waals surface area contributed by atoms with Gasteiger partial charge in [-0.15, -0.1) is 0 Å². The first-order valence-corrected chi connectivity index (χ1v) is 13.1. The number of alkyl halides is 5. The molecule has 2 fully saturated rings. The Labute approximate surface area is 209 Å². The van der Waals surface area contributed by atoms with Crippen LogP contribution in [0, 0.1) is 0 Å². The number of likely N-dealkylation sites (tertiary alicyclic amines) is 1. The number of sulfone groups is 1. The van der Waals surface area contributed by atoms with Crippen molar-refractivity contribution in [2.45, 2.75) is 66.3 Å². The lowest BCUT2D eigenvalue weighted by Gasteiger charge is -2.39. The number of halogens is 5. The number of carbonyl (C=O) groups is 1. The van der Waals surface area contributed by atoms with Crippen LogP contribution in [-0.2, 0) is 21.1 Å². The fourth-order valence-electron chi connectivity index (χ4n) is 4.50. The molecule has 1 saturated heterocycles. The number of rotatable bonds is 8. The highest BCUT2D eigenvalue weighted by molar-refractivity contribution is 7.93. The van der Waals surface area contributed by atoms with Crippen LogP contribution in [0.25, 0.3) is 11.3 Å². The standard InChI is InChI=1S/C23H25F5N4O4S/c24-22(25,23(26,27)28)8-7-16-13-30-19(14-29-16)15-1-5-18(6-2-15)37(35,36)21(20(33)31-34)9-11-32(12-10-21)17-3-4-17/h1-2,5-6,13-14,17,34H,3-4,7-12H2,(H,31,33). The van der Waals surface area contributed by atoms with Gasteiger partial charge in [-0.05, 0) is 44.2 Å². The molecule has 8 nitrogen and oxygen atoms in total. The highest BCUT2D eigenvalue weighted by Gasteiger charge is 2.57. The Morgan fingerprint density at radius 2 is 1.68 bits per heavy atom. The number of carbonyl (C=O) groups excluding carboxylic acids is 1. The minimum Gasteiger partial charge on any atom is -0.300 e. The first-order valence-electron chi connectivity index (χ1n) is 11.6. The third kappa shape index (κ3) is 5.32. The summed E-state index contributed by atoms with van der Waals surface area (Å²) in [5, 5.41) is 9.30. The third-order valence-electron chi connectivity index (χ3n) is 6.97. The van der Waals surface area contributed by atoms with Crippen molar-refractivity contribution in [1.29, 1.82) is 0 Å². The minimum atomic E-state index is -5.65. The second-order valence-corrected chi connectivity index (χ2v) is 11.6. The summed E-state index contributed by atoms with van der Waals surface area (Å²) < 4.78 is 88.5. The van der Waals surface area contributed by atoms with E-state index in [1.165, 1.54) is 35.9 Å². The Morgan fingerprint density at radius 3 is 2.16 bits per heavy atom. The van der Waals surface area contributed by atoms with E-state index in [0.717, 1.165) is 19.0 Å². The molecule has 4 rings (SSSR count). The molecule has 0 atom stereocenters. The van der Waals surface area contributed by atoms with Crippen molar-refractivity contribution in [2.24, 2.45) is 0 Å². The van der Waals surface area contributed by atoms with Gasteiger partial charge in [0.2, 0.25) is 0 Å². The molecule has 2 aromatic rings. The average Bonchev–Trinajstić information content (AvgIpc) is 3.72. The van der Waals surface area contributed by atoms with Crippen LogP contribution in [0.15, 0.2) is 41.6 Å². The SMILES string of the molecule is O=C(NO)C1(S(=O)(=O)c2ccc(-c3cnc(CCC(F)(F)C(F)(F)F)cn3)cc2)CCN(C2CC2)CC1. The van der Waals surface area contributed by atoms with Gasteiger partial charge in [-0.3, -0.25) is 20.0 Å². The van der Waals surface area contributed by atoms with Crippen molar-refractivity contribution < 1.29 is 40.4 Å². The lowest BCUT2D eigenvalue weighted by Crippen LogP contribution is -2.58. The molecule has 0 bridgehead atoms. The lowest BCUT2D eigenvalue weighted by atomic mass is 9.94. The molecule has 2 heterocycles. The molecule has 1 aromatic heterocycles. The molecule has 2 aliphatic rings. The quantitative estimate of drug-likeness (QED) is 0.295. The van der Waals surface area contributed by atoms with Crippen LogP contribution in [0.4, 0.5) is 22.0 Å². The Bertz CT molecular complexity index is 1230. The normalized spacial score (nSPS) is 19.0. The minimum absolute atomic E-state index is 0.0281. The number of aromatic nitrogens is 2. The summed E-state index contributed by atoms with van der Waals surface area (Å²) in [4.78, 5) is 22.6. The molecule has 1 saturated carbocycles. The van der Waals surface area contributed by atoms with Gasteiger partial charge in [0.1, 0.15) is 0 Å². The summed E-state index contributed by atoms with van der Waals surface area (Å²) in [6, 6.07) is 5.86. The number of nitrogens with zero attached hydrogens (tertiary/aromatic N) is 3. The number of piperidine rings is 1. The number of nitrogens with one attached hydrogen (secondary N) is 1. The first kappa shape index (κ1) is 27.3. The highest BCUT2D eigenvalue weighted by Crippen LogP contribution is 2.40. The van der Waals surface area contributed by atoms with Crippen LogP contribution >= 0.6 is 0 Å². The van der Waals surface area contributed by atoms with E-state index in [-0.39, 0.29) is 29.1 Å². The number of hydrogen-bond donors (Lipinski definition) is 2. The van der Waals surface area contributed by atoms with Gasteiger partial charge in [-0.1, -0.05) is 12.1 Å². The number of hydroxylamine groups is 1. The fraction of sp³-hybridized carbons (Fsp3) is 0.522. The molecule has 202 valence electrons.